The van der Waals surface area contributed by atoms with Gasteiger partial charge in [-0.15, -0.1) is 11.3 Å². The second-order valence-electron chi connectivity index (χ2n) is 5.21. The molecule has 3 rings (SSSR count). The summed E-state index contributed by atoms with van der Waals surface area (Å²) in [6, 6.07) is 0.935. The van der Waals surface area contributed by atoms with Crippen molar-refractivity contribution in [2.45, 2.75) is 44.2 Å². The van der Waals surface area contributed by atoms with Crippen LogP contribution in [-0.2, 0) is 0 Å². The van der Waals surface area contributed by atoms with Crippen LogP contribution in [-0.4, -0.2) is 41.0 Å². The van der Waals surface area contributed by atoms with Gasteiger partial charge in [0.15, 0.2) is 0 Å². The fraction of sp³-hybridized carbons (Fsp3) is 0.692. The molecule has 2 heterocycles. The standard InChI is InChI=1S/C13H19N3OS/c17-13(12-8-18-9-15-12)16(11-4-5-11)7-10-3-1-2-6-14-10/h8-11,14H,1-7H2. The molecule has 1 unspecified atom stereocenters. The van der Waals surface area contributed by atoms with Gasteiger partial charge in [0.25, 0.3) is 5.91 Å². The SMILES string of the molecule is O=C(c1cscn1)N(CC1CCCCN1)C1CC1. The van der Waals surface area contributed by atoms with Gasteiger partial charge in [0, 0.05) is 24.0 Å². The molecule has 1 saturated carbocycles. The molecule has 2 aliphatic rings. The number of rotatable bonds is 4. The molecule has 1 atom stereocenters. The summed E-state index contributed by atoms with van der Waals surface area (Å²) in [6.07, 6.45) is 6.04. The van der Waals surface area contributed by atoms with Gasteiger partial charge in [0.2, 0.25) is 0 Å². The maximum absolute atomic E-state index is 12.4. The van der Waals surface area contributed by atoms with Crippen molar-refractivity contribution < 1.29 is 4.79 Å². The summed E-state index contributed by atoms with van der Waals surface area (Å²) in [5.74, 6) is 0.117. The maximum atomic E-state index is 12.4. The Morgan fingerprint density at radius 1 is 1.44 bits per heavy atom. The lowest BCUT2D eigenvalue weighted by molar-refractivity contribution is 0.0713. The van der Waals surface area contributed by atoms with E-state index in [1.807, 2.05) is 10.3 Å². The van der Waals surface area contributed by atoms with Crippen LogP contribution in [0.1, 0.15) is 42.6 Å². The van der Waals surface area contributed by atoms with Crippen molar-refractivity contribution in [1.29, 1.82) is 0 Å². The highest BCUT2D eigenvalue weighted by Crippen LogP contribution is 2.29. The number of carbonyl (C=O) groups excluding carboxylic acids is 1. The molecule has 1 aliphatic carbocycles. The quantitative estimate of drug-likeness (QED) is 0.904. The summed E-state index contributed by atoms with van der Waals surface area (Å²) >= 11 is 1.49. The highest BCUT2D eigenvalue weighted by atomic mass is 32.1. The van der Waals surface area contributed by atoms with Crippen LogP contribution in [0.5, 0.6) is 0 Å². The van der Waals surface area contributed by atoms with Gasteiger partial charge in [-0.05, 0) is 32.2 Å². The minimum atomic E-state index is 0.117. The summed E-state index contributed by atoms with van der Waals surface area (Å²) in [5.41, 5.74) is 2.35. The van der Waals surface area contributed by atoms with Crippen molar-refractivity contribution in [3.63, 3.8) is 0 Å². The van der Waals surface area contributed by atoms with Crippen molar-refractivity contribution >= 4 is 17.2 Å². The van der Waals surface area contributed by atoms with Gasteiger partial charge in [-0.25, -0.2) is 4.98 Å². The number of nitrogens with zero attached hydrogens (tertiary/aromatic N) is 2. The Labute approximate surface area is 111 Å². The third-order valence-electron chi connectivity index (χ3n) is 3.73. The molecule has 1 aromatic heterocycles. The molecule has 1 aliphatic heterocycles. The summed E-state index contributed by atoms with van der Waals surface area (Å²) in [5, 5.41) is 5.37. The molecule has 0 radical (unpaired) electrons. The van der Waals surface area contributed by atoms with Crippen molar-refractivity contribution in [3.05, 3.63) is 16.6 Å². The van der Waals surface area contributed by atoms with Gasteiger partial charge in [0.1, 0.15) is 5.69 Å². The first-order chi connectivity index (χ1) is 8.84. The van der Waals surface area contributed by atoms with Crippen LogP contribution < -0.4 is 5.32 Å². The minimum Gasteiger partial charge on any atom is -0.333 e. The smallest absolute Gasteiger partial charge is 0.273 e. The zero-order chi connectivity index (χ0) is 12.4. The third kappa shape index (κ3) is 2.72. The second kappa shape index (κ2) is 5.36. The lowest BCUT2D eigenvalue weighted by atomic mass is 10.0. The molecule has 2 fully saturated rings. The van der Waals surface area contributed by atoms with Gasteiger partial charge >= 0.3 is 0 Å². The molecule has 4 nitrogen and oxygen atoms in total. The lowest BCUT2D eigenvalue weighted by Crippen LogP contribution is -2.46. The Hall–Kier alpha value is -0.940. The molecule has 0 spiro atoms. The average Bonchev–Trinajstić information content (AvgIpc) is 3.10. The van der Waals surface area contributed by atoms with Crippen LogP contribution in [0.4, 0.5) is 0 Å². The van der Waals surface area contributed by atoms with Gasteiger partial charge in [-0.1, -0.05) is 6.42 Å². The van der Waals surface area contributed by atoms with Crippen molar-refractivity contribution in [2.24, 2.45) is 0 Å². The Morgan fingerprint density at radius 3 is 2.94 bits per heavy atom. The van der Waals surface area contributed by atoms with Crippen molar-refractivity contribution in [1.82, 2.24) is 15.2 Å². The van der Waals surface area contributed by atoms with E-state index in [1.54, 1.807) is 5.51 Å². The first-order valence-electron chi connectivity index (χ1n) is 6.77. The van der Waals surface area contributed by atoms with E-state index in [0.29, 0.717) is 17.8 Å². The van der Waals surface area contributed by atoms with Crippen LogP contribution in [0, 0.1) is 0 Å². The fourth-order valence-electron chi connectivity index (χ4n) is 2.57. The van der Waals surface area contributed by atoms with E-state index in [0.717, 1.165) is 25.9 Å². The number of aromatic nitrogens is 1. The van der Waals surface area contributed by atoms with Crippen LogP contribution in [0.25, 0.3) is 0 Å². The van der Waals surface area contributed by atoms with Crippen LogP contribution >= 0.6 is 11.3 Å². The number of carbonyl (C=O) groups is 1. The number of amides is 1. The molecule has 0 bridgehead atoms. The monoisotopic (exact) mass is 265 g/mol. The zero-order valence-corrected chi connectivity index (χ0v) is 11.3. The average molecular weight is 265 g/mol. The van der Waals surface area contributed by atoms with Crippen molar-refractivity contribution in [2.75, 3.05) is 13.1 Å². The molecule has 18 heavy (non-hydrogen) atoms. The minimum absolute atomic E-state index is 0.117. The largest absolute Gasteiger partial charge is 0.333 e. The molecule has 5 heteroatoms. The van der Waals surface area contributed by atoms with E-state index in [9.17, 15) is 4.79 Å². The van der Waals surface area contributed by atoms with E-state index < -0.39 is 0 Å². The summed E-state index contributed by atoms with van der Waals surface area (Å²) in [7, 11) is 0. The molecule has 1 N–H and O–H groups in total. The predicted octanol–water partition coefficient (Wildman–Crippen LogP) is 1.89. The van der Waals surface area contributed by atoms with Crippen molar-refractivity contribution in [3.8, 4) is 0 Å². The number of nitrogens with one attached hydrogen (secondary N) is 1. The predicted molar refractivity (Wildman–Crippen MR) is 71.8 cm³/mol. The number of piperidine rings is 1. The van der Waals surface area contributed by atoms with Gasteiger partial charge in [-0.2, -0.15) is 0 Å². The van der Waals surface area contributed by atoms with E-state index in [1.165, 1.54) is 30.6 Å². The van der Waals surface area contributed by atoms with E-state index in [4.69, 9.17) is 0 Å². The molecular weight excluding hydrogens is 246 g/mol. The maximum Gasteiger partial charge on any atom is 0.273 e. The van der Waals surface area contributed by atoms with E-state index in [2.05, 4.69) is 10.3 Å². The Morgan fingerprint density at radius 2 is 2.33 bits per heavy atom. The summed E-state index contributed by atoms with van der Waals surface area (Å²) in [4.78, 5) is 18.6. The normalized spacial score (nSPS) is 23.9. The van der Waals surface area contributed by atoms with Gasteiger partial charge < -0.3 is 10.2 Å². The summed E-state index contributed by atoms with van der Waals surface area (Å²) in [6.45, 7) is 1.94. The highest BCUT2D eigenvalue weighted by Gasteiger charge is 2.35. The third-order valence-corrected chi connectivity index (χ3v) is 4.32. The topological polar surface area (TPSA) is 45.2 Å². The Kier molecular flexibility index (Phi) is 3.61. The molecular formula is C13H19N3OS. The number of hydrogen-bond acceptors (Lipinski definition) is 4. The number of thiazole rings is 1. The summed E-state index contributed by atoms with van der Waals surface area (Å²) < 4.78 is 0. The number of hydrogen-bond donors (Lipinski definition) is 1. The van der Waals surface area contributed by atoms with E-state index >= 15 is 0 Å². The molecule has 0 aromatic carbocycles. The first-order valence-corrected chi connectivity index (χ1v) is 7.71. The van der Waals surface area contributed by atoms with E-state index in [-0.39, 0.29) is 5.91 Å². The molecule has 1 saturated heterocycles. The molecule has 1 aromatic rings. The second-order valence-corrected chi connectivity index (χ2v) is 5.93. The highest BCUT2D eigenvalue weighted by molar-refractivity contribution is 7.07. The Balaban J connectivity index is 1.66. The molecule has 98 valence electrons. The zero-order valence-electron chi connectivity index (χ0n) is 10.5. The fourth-order valence-corrected chi connectivity index (χ4v) is 3.09. The van der Waals surface area contributed by atoms with Crippen LogP contribution in [0.3, 0.4) is 0 Å². The van der Waals surface area contributed by atoms with Crippen LogP contribution in [0.2, 0.25) is 0 Å². The van der Waals surface area contributed by atoms with Gasteiger partial charge in [-0.3, -0.25) is 4.79 Å². The van der Waals surface area contributed by atoms with Crippen LogP contribution in [0.15, 0.2) is 10.9 Å². The molecule has 1 amide bonds. The van der Waals surface area contributed by atoms with Gasteiger partial charge in [0.05, 0.1) is 5.51 Å². The Bertz CT molecular complexity index is 396. The lowest BCUT2D eigenvalue weighted by Gasteiger charge is -2.30. The first kappa shape index (κ1) is 12.1.